The van der Waals surface area contributed by atoms with Gasteiger partial charge in [0.15, 0.2) is 0 Å². The molecule has 1 aliphatic rings. The highest BCUT2D eigenvalue weighted by Gasteiger charge is 2.20. The predicted molar refractivity (Wildman–Crippen MR) is 64.2 cm³/mol. The Kier molecular flexibility index (Phi) is 3.25. The SMILES string of the molecule is Cc1ccc(CNC2CNC(=O)C2)cc1C. The van der Waals surface area contributed by atoms with Crippen molar-refractivity contribution in [1.29, 1.82) is 0 Å². The number of nitrogens with one attached hydrogen (secondary N) is 2. The summed E-state index contributed by atoms with van der Waals surface area (Å²) in [5, 5.41) is 6.22. The van der Waals surface area contributed by atoms with Crippen molar-refractivity contribution < 1.29 is 4.79 Å². The zero-order valence-electron chi connectivity index (χ0n) is 9.84. The van der Waals surface area contributed by atoms with Crippen LogP contribution in [0.4, 0.5) is 0 Å². The van der Waals surface area contributed by atoms with E-state index in [-0.39, 0.29) is 11.9 Å². The highest BCUT2D eigenvalue weighted by molar-refractivity contribution is 5.78. The number of carbonyl (C=O) groups excluding carboxylic acids is 1. The van der Waals surface area contributed by atoms with E-state index in [1.165, 1.54) is 16.7 Å². The fourth-order valence-electron chi connectivity index (χ4n) is 1.93. The lowest BCUT2D eigenvalue weighted by molar-refractivity contribution is -0.119. The van der Waals surface area contributed by atoms with Crippen molar-refractivity contribution in [2.45, 2.75) is 32.9 Å². The van der Waals surface area contributed by atoms with Gasteiger partial charge in [0.2, 0.25) is 5.91 Å². The summed E-state index contributed by atoms with van der Waals surface area (Å²) in [6.07, 6.45) is 0.602. The monoisotopic (exact) mass is 218 g/mol. The van der Waals surface area contributed by atoms with Gasteiger partial charge in [0.05, 0.1) is 0 Å². The Morgan fingerprint density at radius 2 is 2.19 bits per heavy atom. The minimum Gasteiger partial charge on any atom is -0.354 e. The molecule has 0 aliphatic carbocycles. The van der Waals surface area contributed by atoms with Crippen molar-refractivity contribution in [2.75, 3.05) is 6.54 Å². The Morgan fingerprint density at radius 1 is 1.38 bits per heavy atom. The summed E-state index contributed by atoms with van der Waals surface area (Å²) in [5.74, 6) is 0.151. The van der Waals surface area contributed by atoms with Gasteiger partial charge < -0.3 is 10.6 Å². The predicted octanol–water partition coefficient (Wildman–Crippen LogP) is 1.28. The van der Waals surface area contributed by atoms with Gasteiger partial charge in [0.25, 0.3) is 0 Å². The molecule has 1 atom stereocenters. The first-order valence-electron chi connectivity index (χ1n) is 5.71. The Hall–Kier alpha value is -1.35. The average Bonchev–Trinajstić information content (AvgIpc) is 2.66. The van der Waals surface area contributed by atoms with Gasteiger partial charge in [-0.05, 0) is 30.5 Å². The maximum Gasteiger partial charge on any atom is 0.221 e. The molecule has 2 rings (SSSR count). The first-order valence-corrected chi connectivity index (χ1v) is 5.71. The Balaban J connectivity index is 1.89. The third-order valence-corrected chi connectivity index (χ3v) is 3.14. The summed E-state index contributed by atoms with van der Waals surface area (Å²) < 4.78 is 0. The van der Waals surface area contributed by atoms with E-state index in [1.54, 1.807) is 0 Å². The fraction of sp³-hybridized carbons (Fsp3) is 0.462. The summed E-state index contributed by atoms with van der Waals surface area (Å²) >= 11 is 0. The van der Waals surface area contributed by atoms with E-state index in [9.17, 15) is 4.79 Å². The zero-order chi connectivity index (χ0) is 11.5. The fourth-order valence-corrected chi connectivity index (χ4v) is 1.93. The van der Waals surface area contributed by atoms with Crippen molar-refractivity contribution in [2.24, 2.45) is 0 Å². The van der Waals surface area contributed by atoms with Crippen molar-refractivity contribution in [3.63, 3.8) is 0 Å². The van der Waals surface area contributed by atoms with Crippen LogP contribution in [-0.4, -0.2) is 18.5 Å². The van der Waals surface area contributed by atoms with Crippen LogP contribution in [0.15, 0.2) is 18.2 Å². The number of amides is 1. The lowest BCUT2D eigenvalue weighted by atomic mass is 10.1. The third kappa shape index (κ3) is 2.61. The molecule has 1 aromatic carbocycles. The van der Waals surface area contributed by atoms with Crippen LogP contribution in [0.5, 0.6) is 0 Å². The standard InChI is InChI=1S/C13H18N2O/c1-9-3-4-11(5-10(9)2)7-14-12-6-13(16)15-8-12/h3-5,12,14H,6-8H2,1-2H3,(H,15,16). The van der Waals surface area contributed by atoms with Gasteiger partial charge in [0, 0.05) is 25.6 Å². The van der Waals surface area contributed by atoms with E-state index in [2.05, 4.69) is 42.7 Å². The second-order valence-corrected chi connectivity index (χ2v) is 4.50. The Morgan fingerprint density at radius 3 is 2.81 bits per heavy atom. The van der Waals surface area contributed by atoms with Crippen molar-refractivity contribution in [3.8, 4) is 0 Å². The molecular weight excluding hydrogens is 200 g/mol. The Labute approximate surface area is 96.2 Å². The Bertz CT molecular complexity index is 401. The lowest BCUT2D eigenvalue weighted by Gasteiger charge is -2.11. The summed E-state index contributed by atoms with van der Waals surface area (Å²) in [6, 6.07) is 6.77. The average molecular weight is 218 g/mol. The highest BCUT2D eigenvalue weighted by Crippen LogP contribution is 2.10. The number of hydrogen-bond acceptors (Lipinski definition) is 2. The number of aryl methyl sites for hydroxylation is 2. The van der Waals surface area contributed by atoms with E-state index in [0.717, 1.165) is 13.1 Å². The molecule has 0 saturated carbocycles. The van der Waals surface area contributed by atoms with Gasteiger partial charge in [0.1, 0.15) is 0 Å². The highest BCUT2D eigenvalue weighted by atomic mass is 16.1. The van der Waals surface area contributed by atoms with Gasteiger partial charge in [-0.15, -0.1) is 0 Å². The number of rotatable bonds is 3. The van der Waals surface area contributed by atoms with Gasteiger partial charge >= 0.3 is 0 Å². The maximum absolute atomic E-state index is 11.0. The molecule has 1 aromatic rings. The van der Waals surface area contributed by atoms with E-state index in [4.69, 9.17) is 0 Å². The topological polar surface area (TPSA) is 41.1 Å². The smallest absolute Gasteiger partial charge is 0.221 e. The first-order chi connectivity index (χ1) is 7.65. The van der Waals surface area contributed by atoms with Crippen LogP contribution in [0.2, 0.25) is 0 Å². The summed E-state index contributed by atoms with van der Waals surface area (Å²) in [5.41, 5.74) is 3.92. The molecule has 1 fully saturated rings. The summed E-state index contributed by atoms with van der Waals surface area (Å²) in [7, 11) is 0. The zero-order valence-corrected chi connectivity index (χ0v) is 9.84. The lowest BCUT2D eigenvalue weighted by Crippen LogP contribution is -2.30. The van der Waals surface area contributed by atoms with Crippen LogP contribution >= 0.6 is 0 Å². The molecule has 86 valence electrons. The van der Waals surface area contributed by atoms with Gasteiger partial charge in [-0.25, -0.2) is 0 Å². The number of hydrogen-bond donors (Lipinski definition) is 2. The van der Waals surface area contributed by atoms with E-state index in [1.807, 2.05) is 0 Å². The molecule has 0 spiro atoms. The molecule has 2 N–H and O–H groups in total. The molecule has 0 radical (unpaired) electrons. The molecule has 1 saturated heterocycles. The van der Waals surface area contributed by atoms with E-state index < -0.39 is 0 Å². The van der Waals surface area contributed by atoms with E-state index in [0.29, 0.717) is 6.42 Å². The minimum absolute atomic E-state index is 0.151. The van der Waals surface area contributed by atoms with Crippen molar-refractivity contribution in [1.82, 2.24) is 10.6 Å². The molecule has 1 amide bonds. The molecular formula is C13H18N2O. The maximum atomic E-state index is 11.0. The van der Waals surface area contributed by atoms with Crippen LogP contribution in [0.3, 0.4) is 0 Å². The van der Waals surface area contributed by atoms with Crippen molar-refractivity contribution in [3.05, 3.63) is 34.9 Å². The van der Waals surface area contributed by atoms with Crippen molar-refractivity contribution >= 4 is 5.91 Å². The van der Waals surface area contributed by atoms with Crippen LogP contribution in [0.1, 0.15) is 23.1 Å². The second-order valence-electron chi connectivity index (χ2n) is 4.50. The normalized spacial score (nSPS) is 19.9. The molecule has 1 aliphatic heterocycles. The van der Waals surface area contributed by atoms with Crippen LogP contribution < -0.4 is 10.6 Å². The quantitative estimate of drug-likeness (QED) is 0.802. The number of benzene rings is 1. The third-order valence-electron chi connectivity index (χ3n) is 3.14. The van der Waals surface area contributed by atoms with Gasteiger partial charge in [-0.1, -0.05) is 18.2 Å². The second kappa shape index (κ2) is 4.66. The molecule has 0 bridgehead atoms. The van der Waals surface area contributed by atoms with Crippen LogP contribution in [0.25, 0.3) is 0 Å². The molecule has 3 nitrogen and oxygen atoms in total. The first kappa shape index (κ1) is 11.1. The van der Waals surface area contributed by atoms with Crippen LogP contribution in [-0.2, 0) is 11.3 Å². The molecule has 16 heavy (non-hydrogen) atoms. The summed E-state index contributed by atoms with van der Waals surface area (Å²) in [4.78, 5) is 11.0. The molecule has 0 aromatic heterocycles. The van der Waals surface area contributed by atoms with Crippen LogP contribution in [0, 0.1) is 13.8 Å². The molecule has 1 heterocycles. The minimum atomic E-state index is 0.151. The molecule has 1 unspecified atom stereocenters. The summed E-state index contributed by atoms with van der Waals surface area (Å²) in [6.45, 7) is 5.83. The number of carbonyl (C=O) groups is 1. The van der Waals surface area contributed by atoms with E-state index >= 15 is 0 Å². The van der Waals surface area contributed by atoms with Gasteiger partial charge in [-0.2, -0.15) is 0 Å². The largest absolute Gasteiger partial charge is 0.354 e. The van der Waals surface area contributed by atoms with Gasteiger partial charge in [-0.3, -0.25) is 4.79 Å². The molecule has 3 heteroatoms.